The number of thiol groups is 1. The molecule has 3 heteroatoms. The van der Waals surface area contributed by atoms with Crippen LogP contribution in [0.4, 0.5) is 0 Å². The van der Waals surface area contributed by atoms with E-state index in [0.29, 0.717) is 0 Å². The van der Waals surface area contributed by atoms with Crippen LogP contribution in [0.1, 0.15) is 22.3 Å². The van der Waals surface area contributed by atoms with E-state index >= 15 is 0 Å². The Balaban J connectivity index is 2.28. The van der Waals surface area contributed by atoms with Crippen LogP contribution in [0.15, 0.2) is 11.0 Å². The number of nitrogens with one attached hydrogen (secondary N) is 1. The molecule has 1 fully saturated rings. The largest absolute Gasteiger partial charge is 0.314 e. The third kappa shape index (κ3) is 2.72. The van der Waals surface area contributed by atoms with Gasteiger partial charge >= 0.3 is 0 Å². The van der Waals surface area contributed by atoms with Crippen molar-refractivity contribution in [3.8, 4) is 12.3 Å². The van der Waals surface area contributed by atoms with Gasteiger partial charge in [0.05, 0.1) is 0 Å². The van der Waals surface area contributed by atoms with Crippen LogP contribution < -0.4 is 5.32 Å². The van der Waals surface area contributed by atoms with Gasteiger partial charge in [-0.2, -0.15) is 0 Å². The van der Waals surface area contributed by atoms with E-state index in [4.69, 9.17) is 6.42 Å². The third-order valence-electron chi connectivity index (χ3n) is 3.67. The number of rotatable bonds is 2. The van der Waals surface area contributed by atoms with Crippen LogP contribution >= 0.6 is 12.6 Å². The molecule has 1 saturated heterocycles. The number of hydrogen-bond donors (Lipinski definition) is 2. The van der Waals surface area contributed by atoms with Crippen molar-refractivity contribution in [3.05, 3.63) is 28.3 Å². The maximum Gasteiger partial charge on any atom is 0.0315 e. The van der Waals surface area contributed by atoms with Crippen molar-refractivity contribution in [2.24, 2.45) is 0 Å². The lowest BCUT2D eigenvalue weighted by molar-refractivity contribution is 0.232. The fraction of sp³-hybridized carbons (Fsp3) is 0.467. The van der Waals surface area contributed by atoms with Crippen LogP contribution in [0, 0.1) is 26.2 Å². The lowest BCUT2D eigenvalue weighted by Crippen LogP contribution is -2.43. The molecule has 18 heavy (non-hydrogen) atoms. The summed E-state index contributed by atoms with van der Waals surface area (Å²) in [6.07, 6.45) is 5.61. The number of benzene rings is 1. The fourth-order valence-electron chi connectivity index (χ4n) is 2.44. The molecule has 1 aliphatic heterocycles. The minimum absolute atomic E-state index is 0.968. The highest BCUT2D eigenvalue weighted by Gasteiger charge is 2.14. The van der Waals surface area contributed by atoms with Gasteiger partial charge in [0.2, 0.25) is 0 Å². The molecule has 1 N–H and O–H groups in total. The molecule has 0 radical (unpaired) electrons. The van der Waals surface area contributed by atoms with E-state index < -0.39 is 0 Å². The molecule has 1 aromatic carbocycles. The lowest BCUT2D eigenvalue weighted by Gasteiger charge is -2.28. The minimum Gasteiger partial charge on any atom is -0.314 e. The van der Waals surface area contributed by atoms with Gasteiger partial charge in [-0.1, -0.05) is 5.92 Å². The van der Waals surface area contributed by atoms with Gasteiger partial charge < -0.3 is 5.32 Å². The van der Waals surface area contributed by atoms with E-state index in [2.05, 4.69) is 41.8 Å². The maximum atomic E-state index is 5.61. The Kier molecular flexibility index (Phi) is 4.34. The van der Waals surface area contributed by atoms with E-state index in [0.717, 1.165) is 48.7 Å². The third-order valence-corrected chi connectivity index (χ3v) is 4.14. The van der Waals surface area contributed by atoms with Gasteiger partial charge in [0.25, 0.3) is 0 Å². The molecule has 0 unspecified atom stereocenters. The molecule has 1 aromatic rings. The summed E-state index contributed by atoms with van der Waals surface area (Å²) in [5.74, 6) is 2.80. The molecule has 0 saturated carbocycles. The molecule has 0 atom stereocenters. The predicted octanol–water partition coefficient (Wildman–Crippen LogP) is 1.98. The average molecular weight is 260 g/mol. The van der Waals surface area contributed by atoms with Gasteiger partial charge in [-0.15, -0.1) is 19.1 Å². The quantitative estimate of drug-likeness (QED) is 0.624. The molecule has 0 aliphatic carbocycles. The highest BCUT2D eigenvalue weighted by Crippen LogP contribution is 2.25. The van der Waals surface area contributed by atoms with E-state index in [9.17, 15) is 0 Å². The average Bonchev–Trinajstić information content (AvgIpc) is 2.38. The molecule has 1 aliphatic rings. The summed E-state index contributed by atoms with van der Waals surface area (Å²) in [5, 5.41) is 3.37. The smallest absolute Gasteiger partial charge is 0.0315 e. The molecule has 0 bridgehead atoms. The van der Waals surface area contributed by atoms with Crippen LogP contribution in [0.25, 0.3) is 0 Å². The molecule has 0 spiro atoms. The maximum absolute atomic E-state index is 5.61. The van der Waals surface area contributed by atoms with Gasteiger partial charge in [0.1, 0.15) is 0 Å². The SMILES string of the molecule is C#Cc1c(C)c(S)cc(CN2CCNCC2)c1C. The standard InChI is InChI=1S/C15H20N2S/c1-4-14-11(2)13(9-15(18)12(14)3)10-17-7-5-16-6-8-17/h1,9,16,18H,5-8,10H2,2-3H3. The molecular formula is C15H20N2S. The van der Waals surface area contributed by atoms with Crippen molar-refractivity contribution >= 4 is 12.6 Å². The Bertz CT molecular complexity index is 482. The summed E-state index contributed by atoms with van der Waals surface area (Å²) in [5.41, 5.74) is 4.65. The Morgan fingerprint density at radius 2 is 2.00 bits per heavy atom. The number of piperazine rings is 1. The van der Waals surface area contributed by atoms with Gasteiger partial charge in [0.15, 0.2) is 0 Å². The van der Waals surface area contributed by atoms with Crippen LogP contribution in [0.2, 0.25) is 0 Å². The second-order valence-electron chi connectivity index (χ2n) is 4.85. The summed E-state index contributed by atoms with van der Waals surface area (Å²) in [6, 6.07) is 2.16. The van der Waals surface area contributed by atoms with Crippen molar-refractivity contribution in [3.63, 3.8) is 0 Å². The van der Waals surface area contributed by atoms with Gasteiger partial charge in [-0.3, -0.25) is 4.90 Å². The van der Waals surface area contributed by atoms with Gasteiger partial charge in [-0.25, -0.2) is 0 Å². The van der Waals surface area contributed by atoms with Gasteiger partial charge in [-0.05, 0) is 36.6 Å². The number of terminal acetylenes is 1. The Morgan fingerprint density at radius 1 is 1.33 bits per heavy atom. The molecule has 1 heterocycles. The number of nitrogens with zero attached hydrogens (tertiary/aromatic N) is 1. The summed E-state index contributed by atoms with van der Waals surface area (Å²) >= 11 is 4.53. The second-order valence-corrected chi connectivity index (χ2v) is 5.33. The van der Waals surface area contributed by atoms with Crippen molar-refractivity contribution < 1.29 is 0 Å². The van der Waals surface area contributed by atoms with Crippen molar-refractivity contribution in [1.82, 2.24) is 10.2 Å². The molecule has 96 valence electrons. The molecule has 2 nitrogen and oxygen atoms in total. The van der Waals surface area contributed by atoms with Crippen molar-refractivity contribution in [2.45, 2.75) is 25.3 Å². The van der Waals surface area contributed by atoms with E-state index in [-0.39, 0.29) is 0 Å². The van der Waals surface area contributed by atoms with Crippen LogP contribution in [0.3, 0.4) is 0 Å². The second kappa shape index (κ2) is 5.79. The molecule has 2 rings (SSSR count). The van der Waals surface area contributed by atoms with E-state index in [1.165, 1.54) is 11.1 Å². The molecule has 0 amide bonds. The lowest BCUT2D eigenvalue weighted by atomic mass is 9.97. The summed E-state index contributed by atoms with van der Waals surface area (Å²) < 4.78 is 0. The predicted molar refractivity (Wildman–Crippen MR) is 79.2 cm³/mol. The topological polar surface area (TPSA) is 15.3 Å². The zero-order valence-corrected chi connectivity index (χ0v) is 12.0. The monoisotopic (exact) mass is 260 g/mol. The molecule has 0 aromatic heterocycles. The first-order valence-corrected chi connectivity index (χ1v) is 6.80. The van der Waals surface area contributed by atoms with Crippen LogP contribution in [-0.2, 0) is 6.54 Å². The van der Waals surface area contributed by atoms with Crippen molar-refractivity contribution in [2.75, 3.05) is 26.2 Å². The first kappa shape index (κ1) is 13.5. The Hall–Kier alpha value is -0.950. The highest BCUT2D eigenvalue weighted by molar-refractivity contribution is 7.80. The first-order valence-electron chi connectivity index (χ1n) is 6.35. The highest BCUT2D eigenvalue weighted by atomic mass is 32.1. The zero-order chi connectivity index (χ0) is 13.1. The van der Waals surface area contributed by atoms with E-state index in [1.807, 2.05) is 6.92 Å². The Morgan fingerprint density at radius 3 is 2.61 bits per heavy atom. The first-order chi connectivity index (χ1) is 8.63. The minimum atomic E-state index is 0.968. The fourth-order valence-corrected chi connectivity index (χ4v) is 2.71. The summed E-state index contributed by atoms with van der Waals surface area (Å²) in [6.45, 7) is 9.46. The van der Waals surface area contributed by atoms with Crippen LogP contribution in [0.5, 0.6) is 0 Å². The van der Waals surface area contributed by atoms with Gasteiger partial charge in [0, 0.05) is 43.2 Å². The number of hydrogen-bond acceptors (Lipinski definition) is 3. The van der Waals surface area contributed by atoms with Crippen molar-refractivity contribution in [1.29, 1.82) is 0 Å². The zero-order valence-electron chi connectivity index (χ0n) is 11.1. The normalized spacial score (nSPS) is 16.6. The Labute approximate surface area is 115 Å². The molecular weight excluding hydrogens is 240 g/mol. The van der Waals surface area contributed by atoms with Crippen LogP contribution in [-0.4, -0.2) is 31.1 Å². The summed E-state index contributed by atoms with van der Waals surface area (Å²) in [4.78, 5) is 3.46. The summed E-state index contributed by atoms with van der Waals surface area (Å²) in [7, 11) is 0. The van der Waals surface area contributed by atoms with E-state index in [1.54, 1.807) is 0 Å².